The van der Waals surface area contributed by atoms with Crippen LogP contribution in [0.15, 0.2) is 11.4 Å². The molecule has 0 aliphatic carbocycles. The summed E-state index contributed by atoms with van der Waals surface area (Å²) in [5, 5.41) is 2.70. The smallest absolute Gasteiger partial charge is 0.251 e. The van der Waals surface area contributed by atoms with Crippen molar-refractivity contribution in [1.82, 2.24) is 4.31 Å². The number of hydrogen-bond donors (Lipinski definition) is 0. The molecule has 0 spiro atoms. The van der Waals surface area contributed by atoms with Gasteiger partial charge in [0.2, 0.25) is 0 Å². The largest absolute Gasteiger partial charge is 0.304 e. The van der Waals surface area contributed by atoms with Crippen LogP contribution in [0.2, 0.25) is 0 Å². The Morgan fingerprint density at radius 3 is 2.57 bits per heavy atom. The lowest BCUT2D eigenvalue weighted by Crippen LogP contribution is -2.31. The van der Waals surface area contributed by atoms with Crippen LogP contribution in [0.1, 0.15) is 5.56 Å². The van der Waals surface area contributed by atoms with Gasteiger partial charge in [-0.25, -0.2) is 0 Å². The fourth-order valence-corrected chi connectivity index (χ4v) is 3.70. The molecule has 0 radical (unpaired) electrons. The molecule has 0 amide bonds. The van der Waals surface area contributed by atoms with Crippen LogP contribution in [-0.2, 0) is 10.2 Å². The van der Waals surface area contributed by atoms with E-state index in [0.717, 1.165) is 10.6 Å². The molecule has 14 heavy (non-hydrogen) atoms. The molecule has 4 nitrogen and oxygen atoms in total. The van der Waals surface area contributed by atoms with E-state index in [0.29, 0.717) is 13.1 Å². The van der Waals surface area contributed by atoms with Gasteiger partial charge in [-0.3, -0.25) is 4.31 Å². The second-order valence-corrected chi connectivity index (χ2v) is 6.14. The molecule has 1 fully saturated rings. The fraction of sp³-hybridized carbons (Fsp3) is 0.500. The summed E-state index contributed by atoms with van der Waals surface area (Å²) in [6.07, 6.45) is 0. The molecule has 0 aromatic carbocycles. The standard InChI is InChI=1S/C8H12N2O2S2/c1-7-3-6-13-8(7)9(2)14(11,12)10-4-5-10/h3,6H,4-5H2,1-2H3. The van der Waals surface area contributed by atoms with Gasteiger partial charge in [-0.05, 0) is 23.9 Å². The third-order valence-corrected chi connectivity index (χ3v) is 5.30. The van der Waals surface area contributed by atoms with Crippen molar-refractivity contribution in [2.24, 2.45) is 0 Å². The third-order valence-electron chi connectivity index (χ3n) is 2.20. The van der Waals surface area contributed by atoms with Gasteiger partial charge in [0.15, 0.2) is 0 Å². The zero-order chi connectivity index (χ0) is 10.3. The molecule has 1 aromatic heterocycles. The zero-order valence-corrected chi connectivity index (χ0v) is 9.73. The predicted octanol–water partition coefficient (Wildman–Crippen LogP) is 1.05. The topological polar surface area (TPSA) is 40.4 Å². The second kappa shape index (κ2) is 3.22. The highest BCUT2D eigenvalue weighted by molar-refractivity contribution is 7.90. The zero-order valence-electron chi connectivity index (χ0n) is 8.10. The Kier molecular flexibility index (Phi) is 2.29. The summed E-state index contributed by atoms with van der Waals surface area (Å²) in [4.78, 5) is 0. The Bertz CT molecular complexity index is 434. The maximum atomic E-state index is 11.8. The highest BCUT2D eigenvalue weighted by Gasteiger charge is 2.36. The van der Waals surface area contributed by atoms with Crippen LogP contribution in [0.5, 0.6) is 0 Å². The molecular weight excluding hydrogens is 220 g/mol. The molecule has 6 heteroatoms. The first-order chi connectivity index (χ1) is 6.53. The lowest BCUT2D eigenvalue weighted by atomic mass is 10.4. The summed E-state index contributed by atoms with van der Waals surface area (Å²) in [5.74, 6) is 0. The van der Waals surface area contributed by atoms with Gasteiger partial charge >= 0.3 is 10.2 Å². The summed E-state index contributed by atoms with van der Waals surface area (Å²) in [7, 11) is -1.63. The maximum Gasteiger partial charge on any atom is 0.304 e. The summed E-state index contributed by atoms with van der Waals surface area (Å²) in [5.41, 5.74) is 1.00. The van der Waals surface area contributed by atoms with Gasteiger partial charge in [-0.1, -0.05) is 0 Å². The van der Waals surface area contributed by atoms with Crippen molar-refractivity contribution in [2.75, 3.05) is 24.4 Å². The van der Waals surface area contributed by atoms with E-state index in [1.54, 1.807) is 7.05 Å². The second-order valence-electron chi connectivity index (χ2n) is 3.28. The molecular formula is C8H12N2O2S2. The van der Waals surface area contributed by atoms with E-state index in [1.807, 2.05) is 18.4 Å². The van der Waals surface area contributed by atoms with Crippen molar-refractivity contribution in [3.63, 3.8) is 0 Å². The average molecular weight is 232 g/mol. The van der Waals surface area contributed by atoms with Crippen LogP contribution < -0.4 is 4.31 Å². The number of anilines is 1. The monoisotopic (exact) mass is 232 g/mol. The predicted molar refractivity (Wildman–Crippen MR) is 58.0 cm³/mol. The molecule has 2 heterocycles. The van der Waals surface area contributed by atoms with E-state index in [1.165, 1.54) is 19.9 Å². The van der Waals surface area contributed by atoms with Gasteiger partial charge in [0, 0.05) is 20.1 Å². The molecule has 0 bridgehead atoms. The minimum Gasteiger partial charge on any atom is -0.251 e. The number of aryl methyl sites for hydroxylation is 1. The minimum atomic E-state index is -3.23. The first-order valence-electron chi connectivity index (χ1n) is 4.31. The van der Waals surface area contributed by atoms with E-state index < -0.39 is 10.2 Å². The fourth-order valence-electron chi connectivity index (χ4n) is 1.24. The van der Waals surface area contributed by atoms with Gasteiger partial charge in [-0.2, -0.15) is 12.7 Å². The van der Waals surface area contributed by atoms with E-state index in [2.05, 4.69) is 0 Å². The molecule has 2 rings (SSSR count). The third kappa shape index (κ3) is 1.53. The van der Waals surface area contributed by atoms with E-state index >= 15 is 0 Å². The Hall–Kier alpha value is -0.590. The molecule has 78 valence electrons. The first kappa shape index (κ1) is 9.95. The van der Waals surface area contributed by atoms with Gasteiger partial charge in [-0.15, -0.1) is 11.3 Å². The quantitative estimate of drug-likeness (QED) is 0.731. The van der Waals surface area contributed by atoms with Crippen LogP contribution in [0.25, 0.3) is 0 Å². The number of rotatable bonds is 3. The Morgan fingerprint density at radius 2 is 2.14 bits per heavy atom. The van der Waals surface area contributed by atoms with Crippen LogP contribution >= 0.6 is 11.3 Å². The van der Waals surface area contributed by atoms with Crippen LogP contribution in [0, 0.1) is 6.92 Å². The van der Waals surface area contributed by atoms with Crippen molar-refractivity contribution < 1.29 is 8.42 Å². The molecule has 0 N–H and O–H groups in total. The van der Waals surface area contributed by atoms with Gasteiger partial charge in [0.05, 0.1) is 0 Å². The Morgan fingerprint density at radius 1 is 1.50 bits per heavy atom. The number of thiophene rings is 1. The average Bonchev–Trinajstić information content (AvgIpc) is 2.89. The van der Waals surface area contributed by atoms with E-state index in [4.69, 9.17) is 0 Å². The van der Waals surface area contributed by atoms with Gasteiger partial charge < -0.3 is 0 Å². The van der Waals surface area contributed by atoms with E-state index in [9.17, 15) is 8.42 Å². The number of nitrogens with zero attached hydrogens (tertiary/aromatic N) is 2. The molecule has 0 unspecified atom stereocenters. The molecule has 0 atom stereocenters. The summed E-state index contributed by atoms with van der Waals surface area (Å²) in [6, 6.07) is 1.92. The van der Waals surface area contributed by atoms with Crippen LogP contribution in [0.3, 0.4) is 0 Å². The van der Waals surface area contributed by atoms with Gasteiger partial charge in [0.25, 0.3) is 0 Å². The summed E-state index contributed by atoms with van der Waals surface area (Å²) >= 11 is 1.45. The Labute approximate surface area is 87.9 Å². The minimum absolute atomic E-state index is 0.650. The van der Waals surface area contributed by atoms with Crippen molar-refractivity contribution >= 4 is 26.5 Å². The van der Waals surface area contributed by atoms with Crippen molar-refractivity contribution in [1.29, 1.82) is 0 Å². The molecule has 1 aliphatic rings. The summed E-state index contributed by atoms with van der Waals surface area (Å²) in [6.45, 7) is 3.22. The SMILES string of the molecule is Cc1ccsc1N(C)S(=O)(=O)N1CC1. The lowest BCUT2D eigenvalue weighted by Gasteiger charge is -2.18. The summed E-state index contributed by atoms with van der Waals surface area (Å²) < 4.78 is 26.4. The molecule has 1 aromatic rings. The van der Waals surface area contributed by atoms with Crippen molar-refractivity contribution in [3.8, 4) is 0 Å². The highest BCUT2D eigenvalue weighted by Crippen LogP contribution is 2.30. The molecule has 1 aliphatic heterocycles. The van der Waals surface area contributed by atoms with Crippen LogP contribution in [0.4, 0.5) is 5.00 Å². The van der Waals surface area contributed by atoms with Gasteiger partial charge in [0.1, 0.15) is 5.00 Å². The normalized spacial score (nSPS) is 17.0. The van der Waals surface area contributed by atoms with Crippen molar-refractivity contribution in [3.05, 3.63) is 17.0 Å². The molecule has 1 saturated heterocycles. The van der Waals surface area contributed by atoms with Crippen molar-refractivity contribution in [2.45, 2.75) is 6.92 Å². The number of hydrogen-bond acceptors (Lipinski definition) is 3. The van der Waals surface area contributed by atoms with E-state index in [-0.39, 0.29) is 0 Å². The first-order valence-corrected chi connectivity index (χ1v) is 6.59. The van der Waals surface area contributed by atoms with Crippen LogP contribution in [-0.4, -0.2) is 32.9 Å². The maximum absolute atomic E-state index is 11.8. The lowest BCUT2D eigenvalue weighted by molar-refractivity contribution is 0.561. The Balaban J connectivity index is 2.32. The highest BCUT2D eigenvalue weighted by atomic mass is 32.2. The molecule has 0 saturated carbocycles.